The van der Waals surface area contributed by atoms with Crippen LogP contribution in [0.15, 0.2) is 39.5 Å². The zero-order valence-electron chi connectivity index (χ0n) is 11.7. The normalized spacial score (nSPS) is 11.2. The third kappa shape index (κ3) is 2.97. The molecule has 7 heteroatoms. The van der Waals surface area contributed by atoms with Crippen molar-refractivity contribution in [2.75, 3.05) is 6.61 Å². The van der Waals surface area contributed by atoms with Crippen LogP contribution in [-0.4, -0.2) is 23.1 Å². The number of thiol groups is 1. The van der Waals surface area contributed by atoms with Gasteiger partial charge in [-0.2, -0.15) is 0 Å². The number of carbonyl (C=O) groups is 2. The molecule has 21 heavy (non-hydrogen) atoms. The first-order chi connectivity index (χ1) is 10.1. The Labute approximate surface area is 127 Å². The third-order valence-electron chi connectivity index (χ3n) is 2.92. The van der Waals surface area contributed by atoms with E-state index >= 15 is 0 Å². The van der Waals surface area contributed by atoms with E-state index in [4.69, 9.17) is 0 Å². The number of ether oxygens (including phenoxy) is 1. The van der Waals surface area contributed by atoms with Gasteiger partial charge in [-0.25, -0.2) is 4.79 Å². The molecule has 0 bridgehead atoms. The average Bonchev–Trinajstić information content (AvgIpc) is 2.76. The van der Waals surface area contributed by atoms with Gasteiger partial charge < -0.3 is 9.30 Å². The second-order valence-corrected chi connectivity index (χ2v) is 4.58. The van der Waals surface area contributed by atoms with E-state index in [0.29, 0.717) is 17.3 Å². The maximum atomic E-state index is 11.5. The average molecular weight is 305 g/mol. The van der Waals surface area contributed by atoms with Crippen LogP contribution in [0.3, 0.4) is 0 Å². The Kier molecular flexibility index (Phi) is 4.74. The van der Waals surface area contributed by atoms with Crippen LogP contribution < -0.4 is 0 Å². The summed E-state index contributed by atoms with van der Waals surface area (Å²) < 4.78 is 6.52. The molecule has 0 unspecified atom stereocenters. The number of benzene rings is 1. The molecule has 0 aliphatic rings. The minimum atomic E-state index is -1.03. The third-order valence-corrected chi connectivity index (χ3v) is 3.38. The number of aromatic nitrogens is 1. The lowest BCUT2D eigenvalue weighted by atomic mass is 10.2. The van der Waals surface area contributed by atoms with Gasteiger partial charge in [0.1, 0.15) is 10.7 Å². The summed E-state index contributed by atoms with van der Waals surface area (Å²) in [5.74, 6) is -2.04. The highest BCUT2D eigenvalue weighted by molar-refractivity contribution is 7.80. The number of rotatable bonds is 3. The van der Waals surface area contributed by atoms with E-state index in [1.54, 1.807) is 6.92 Å². The Morgan fingerprint density at radius 2 is 2.00 bits per heavy atom. The highest BCUT2D eigenvalue weighted by atomic mass is 32.1. The summed E-state index contributed by atoms with van der Waals surface area (Å²) in [4.78, 5) is 22.7. The molecule has 110 valence electrons. The smallest absolute Gasteiger partial charge is 0.400 e. The molecule has 0 atom stereocenters. The Balaban J connectivity index is 2.41. The van der Waals surface area contributed by atoms with E-state index in [1.807, 2.05) is 35.8 Å². The van der Waals surface area contributed by atoms with E-state index < -0.39 is 11.9 Å². The van der Waals surface area contributed by atoms with E-state index in [0.717, 1.165) is 10.9 Å². The van der Waals surface area contributed by atoms with Gasteiger partial charge in [0.25, 0.3) is 0 Å². The quantitative estimate of drug-likeness (QED) is 0.410. The molecule has 0 fully saturated rings. The highest BCUT2D eigenvalue weighted by Gasteiger charge is 2.16. The number of hydrogen-bond donors (Lipinski definition) is 1. The van der Waals surface area contributed by atoms with E-state index in [9.17, 15) is 9.59 Å². The zero-order chi connectivity index (χ0) is 15.4. The topological polar surface area (TPSA) is 73.0 Å². The molecule has 1 aromatic carbocycles. The summed E-state index contributed by atoms with van der Waals surface area (Å²) in [5.41, 5.74) is 1.41. The lowest BCUT2D eigenvalue weighted by Gasteiger charge is -2.01. The van der Waals surface area contributed by atoms with Crippen molar-refractivity contribution in [1.82, 2.24) is 4.57 Å². The maximum absolute atomic E-state index is 11.5. The molecule has 0 radical (unpaired) electrons. The Bertz CT molecular complexity index is 722. The Morgan fingerprint density at radius 3 is 2.67 bits per heavy atom. The molecule has 1 aromatic heterocycles. The number of nitrogens with zero attached hydrogens (tertiary/aromatic N) is 3. The number of carbonyl (C=O) groups excluding carboxylic acids is 2. The molecule has 1 amide bonds. The first kappa shape index (κ1) is 15.2. The summed E-state index contributed by atoms with van der Waals surface area (Å²) in [6, 6.07) is 7.57. The first-order valence-electron chi connectivity index (χ1n) is 6.53. The van der Waals surface area contributed by atoms with Crippen molar-refractivity contribution < 1.29 is 14.3 Å². The lowest BCUT2D eigenvalue weighted by molar-refractivity contribution is -0.153. The fraction of sp³-hybridized carbons (Fsp3) is 0.286. The minimum absolute atomic E-state index is 0.118. The summed E-state index contributed by atoms with van der Waals surface area (Å²) >= 11 is 4.43. The van der Waals surface area contributed by atoms with Crippen LogP contribution in [0.2, 0.25) is 0 Å². The van der Waals surface area contributed by atoms with Gasteiger partial charge >= 0.3 is 11.9 Å². The van der Waals surface area contributed by atoms with Crippen LogP contribution in [0.4, 0.5) is 5.69 Å². The predicted octanol–water partition coefficient (Wildman–Crippen LogP) is 3.12. The molecule has 0 aliphatic carbocycles. The number of amides is 1. The lowest BCUT2D eigenvalue weighted by Crippen LogP contribution is -2.14. The number of esters is 1. The van der Waals surface area contributed by atoms with Gasteiger partial charge in [-0.15, -0.1) is 17.7 Å². The molecule has 0 spiro atoms. The molecular weight excluding hydrogens is 290 g/mol. The minimum Gasteiger partial charge on any atom is -0.459 e. The number of fused-ring (bicyclic) bond motifs is 1. The van der Waals surface area contributed by atoms with Gasteiger partial charge in [-0.05, 0) is 19.9 Å². The molecule has 0 aliphatic heterocycles. The summed E-state index contributed by atoms with van der Waals surface area (Å²) in [6.45, 7) is 4.42. The van der Waals surface area contributed by atoms with Crippen molar-refractivity contribution in [2.45, 2.75) is 25.4 Å². The number of hydrogen-bond acceptors (Lipinski definition) is 5. The fourth-order valence-corrected chi connectivity index (χ4v) is 2.43. The van der Waals surface area contributed by atoms with Crippen LogP contribution in [0, 0.1) is 0 Å². The molecule has 1 heterocycles. The second-order valence-electron chi connectivity index (χ2n) is 4.16. The first-order valence-corrected chi connectivity index (χ1v) is 6.97. The molecule has 0 saturated heterocycles. The van der Waals surface area contributed by atoms with Crippen LogP contribution in [-0.2, 0) is 20.9 Å². The summed E-state index contributed by atoms with van der Waals surface area (Å²) in [6.07, 6.45) is 0. The number of para-hydroxylation sites is 1. The van der Waals surface area contributed by atoms with Gasteiger partial charge in [-0.1, -0.05) is 23.3 Å². The van der Waals surface area contributed by atoms with Crippen molar-refractivity contribution in [3.63, 3.8) is 0 Å². The van der Waals surface area contributed by atoms with E-state index in [1.165, 1.54) is 0 Å². The Hall–Kier alpha value is -2.15. The second kappa shape index (κ2) is 6.53. The molecule has 0 saturated carbocycles. The molecular formula is C14H15N3O3S. The van der Waals surface area contributed by atoms with Gasteiger partial charge in [0.2, 0.25) is 0 Å². The molecule has 2 rings (SSSR count). The van der Waals surface area contributed by atoms with Crippen LogP contribution in [0.25, 0.3) is 10.9 Å². The summed E-state index contributed by atoms with van der Waals surface area (Å²) in [5, 5.41) is 8.72. The highest BCUT2D eigenvalue weighted by Crippen LogP contribution is 2.36. The molecule has 2 aromatic rings. The maximum Gasteiger partial charge on any atom is 0.400 e. The zero-order valence-corrected chi connectivity index (χ0v) is 12.6. The van der Waals surface area contributed by atoms with Crippen LogP contribution in [0.1, 0.15) is 13.8 Å². The van der Waals surface area contributed by atoms with Gasteiger partial charge in [0, 0.05) is 11.9 Å². The van der Waals surface area contributed by atoms with Crippen molar-refractivity contribution in [1.29, 1.82) is 0 Å². The Morgan fingerprint density at radius 1 is 1.29 bits per heavy atom. The van der Waals surface area contributed by atoms with E-state index in [-0.39, 0.29) is 6.61 Å². The van der Waals surface area contributed by atoms with Gasteiger partial charge in [0.05, 0.1) is 12.1 Å². The van der Waals surface area contributed by atoms with Gasteiger partial charge in [0.15, 0.2) is 0 Å². The van der Waals surface area contributed by atoms with Gasteiger partial charge in [-0.3, -0.25) is 4.79 Å². The van der Waals surface area contributed by atoms with Crippen LogP contribution in [0.5, 0.6) is 0 Å². The fourth-order valence-electron chi connectivity index (χ4n) is 2.02. The predicted molar refractivity (Wildman–Crippen MR) is 81.0 cm³/mol. The van der Waals surface area contributed by atoms with E-state index in [2.05, 4.69) is 27.6 Å². The SMILES string of the molecule is CCOC(=O)C(=O)N=Nc1c(S)n(CC)c2ccccc12. The number of azo groups is 1. The monoisotopic (exact) mass is 305 g/mol. The van der Waals surface area contributed by atoms with Crippen molar-refractivity contribution in [2.24, 2.45) is 10.2 Å². The standard InChI is InChI=1S/C14H15N3O3S/c1-3-17-10-8-6-5-7-9(10)11(13(17)21)15-16-12(18)14(19)20-4-2/h5-8,21H,3-4H2,1-2H3. The van der Waals surface area contributed by atoms with Crippen molar-refractivity contribution in [3.05, 3.63) is 24.3 Å². The molecule has 0 N–H and O–H groups in total. The van der Waals surface area contributed by atoms with Crippen molar-refractivity contribution in [3.8, 4) is 0 Å². The number of aryl methyl sites for hydroxylation is 1. The van der Waals surface area contributed by atoms with Crippen molar-refractivity contribution >= 4 is 41.1 Å². The summed E-state index contributed by atoms with van der Waals surface area (Å²) in [7, 11) is 0. The largest absolute Gasteiger partial charge is 0.459 e. The van der Waals surface area contributed by atoms with Crippen LogP contribution >= 0.6 is 12.6 Å². The molecule has 6 nitrogen and oxygen atoms in total.